The Morgan fingerprint density at radius 3 is 2.39 bits per heavy atom. The van der Waals surface area contributed by atoms with E-state index in [1.807, 2.05) is 30.3 Å². The Balaban J connectivity index is 1.79. The van der Waals surface area contributed by atoms with Crippen molar-refractivity contribution in [1.82, 2.24) is 4.90 Å². The van der Waals surface area contributed by atoms with E-state index in [4.69, 9.17) is 25.8 Å². The van der Waals surface area contributed by atoms with E-state index in [1.54, 1.807) is 21.3 Å². The molecule has 1 saturated carbocycles. The molecule has 0 spiro atoms. The maximum absolute atomic E-state index is 11.6. The number of aliphatic hydroxyl groups is 1. The molecule has 4 rings (SSSR count). The molecule has 1 N–H and O–H groups in total. The van der Waals surface area contributed by atoms with Gasteiger partial charge < -0.3 is 19.3 Å². The van der Waals surface area contributed by atoms with E-state index in [9.17, 15) is 5.11 Å². The van der Waals surface area contributed by atoms with Gasteiger partial charge in [0.15, 0.2) is 11.5 Å². The molecule has 1 saturated heterocycles. The first-order valence-electron chi connectivity index (χ1n) is 11.0. The molecule has 0 amide bonds. The Hall–Kier alpha value is -1.95. The maximum Gasteiger partial charge on any atom is 0.203 e. The van der Waals surface area contributed by atoms with Gasteiger partial charge in [-0.3, -0.25) is 4.90 Å². The van der Waals surface area contributed by atoms with Crippen molar-refractivity contribution in [1.29, 1.82) is 0 Å². The first-order valence-corrected chi connectivity index (χ1v) is 11.4. The second kappa shape index (κ2) is 9.27. The van der Waals surface area contributed by atoms with E-state index < -0.39 is 5.60 Å². The summed E-state index contributed by atoms with van der Waals surface area (Å²) in [5.74, 6) is 2.00. The lowest BCUT2D eigenvalue weighted by Crippen LogP contribution is -2.54. The molecule has 1 aliphatic heterocycles. The van der Waals surface area contributed by atoms with Gasteiger partial charge in [0.05, 0.1) is 26.9 Å². The number of benzene rings is 2. The molecule has 0 aromatic heterocycles. The summed E-state index contributed by atoms with van der Waals surface area (Å²) < 4.78 is 16.8. The highest BCUT2D eigenvalue weighted by Crippen LogP contribution is 2.52. The molecule has 168 valence electrons. The molecular formula is C25H32ClNO4. The average molecular weight is 446 g/mol. The second-order valence-corrected chi connectivity index (χ2v) is 9.08. The molecular weight excluding hydrogens is 414 g/mol. The van der Waals surface area contributed by atoms with Gasteiger partial charge >= 0.3 is 0 Å². The van der Waals surface area contributed by atoms with Crippen LogP contribution in [0.15, 0.2) is 36.4 Å². The summed E-state index contributed by atoms with van der Waals surface area (Å²) in [7, 11) is 4.89. The van der Waals surface area contributed by atoms with Crippen LogP contribution in [0.1, 0.15) is 49.3 Å². The van der Waals surface area contributed by atoms with Gasteiger partial charge in [0.1, 0.15) is 0 Å². The van der Waals surface area contributed by atoms with Gasteiger partial charge in [0, 0.05) is 30.1 Å². The number of nitrogens with zero attached hydrogens (tertiary/aromatic N) is 1. The predicted molar refractivity (Wildman–Crippen MR) is 122 cm³/mol. The normalized spacial score (nSPS) is 26.2. The van der Waals surface area contributed by atoms with E-state index in [1.165, 1.54) is 0 Å². The maximum atomic E-state index is 11.6. The van der Waals surface area contributed by atoms with E-state index in [-0.39, 0.29) is 12.0 Å². The van der Waals surface area contributed by atoms with Gasteiger partial charge in [-0.25, -0.2) is 0 Å². The minimum absolute atomic E-state index is 0.0315. The molecule has 2 aliphatic rings. The van der Waals surface area contributed by atoms with E-state index >= 15 is 0 Å². The standard InChI is InChI=1S/C25H32ClNO4/c1-29-21-14-18(15-22(30-2)24(21)31-3)23-19-9-6-7-11-25(19,28)12-13-27(23)16-17-8-4-5-10-20(17)26/h4-5,8,10,14-15,19,23,28H,6-7,9,11-13,16H2,1-3H3/t19-,23-,25-/m1/s1. The lowest BCUT2D eigenvalue weighted by molar-refractivity contribution is -0.126. The number of hydrogen-bond acceptors (Lipinski definition) is 5. The number of fused-ring (bicyclic) bond motifs is 1. The molecule has 3 atom stereocenters. The van der Waals surface area contributed by atoms with E-state index in [0.717, 1.165) is 61.3 Å². The largest absolute Gasteiger partial charge is 0.493 e. The molecule has 2 fully saturated rings. The first kappa shape index (κ1) is 22.3. The third kappa shape index (κ3) is 4.23. The van der Waals surface area contributed by atoms with E-state index in [2.05, 4.69) is 11.0 Å². The van der Waals surface area contributed by atoms with Crippen LogP contribution in [0.5, 0.6) is 17.2 Å². The minimum atomic E-state index is -0.639. The van der Waals surface area contributed by atoms with Crippen LogP contribution in [0.3, 0.4) is 0 Å². The summed E-state index contributed by atoms with van der Waals surface area (Å²) in [5, 5.41) is 12.3. The van der Waals surface area contributed by atoms with Crippen LogP contribution in [0, 0.1) is 5.92 Å². The molecule has 1 heterocycles. The predicted octanol–water partition coefficient (Wildman–Crippen LogP) is 5.23. The number of ether oxygens (including phenoxy) is 3. The summed E-state index contributed by atoms with van der Waals surface area (Å²) in [6, 6.07) is 12.1. The Morgan fingerprint density at radius 2 is 1.74 bits per heavy atom. The monoisotopic (exact) mass is 445 g/mol. The number of methoxy groups -OCH3 is 3. The third-order valence-electron chi connectivity index (χ3n) is 7.03. The van der Waals surface area contributed by atoms with Crippen LogP contribution in [-0.2, 0) is 6.54 Å². The van der Waals surface area contributed by atoms with Crippen LogP contribution in [0.2, 0.25) is 5.02 Å². The lowest BCUT2D eigenvalue weighted by Gasteiger charge is -2.53. The highest BCUT2D eigenvalue weighted by molar-refractivity contribution is 6.31. The van der Waals surface area contributed by atoms with Crippen LogP contribution in [0.25, 0.3) is 0 Å². The molecule has 31 heavy (non-hydrogen) atoms. The lowest BCUT2D eigenvalue weighted by atomic mass is 9.66. The third-order valence-corrected chi connectivity index (χ3v) is 7.40. The van der Waals surface area contributed by atoms with Gasteiger partial charge in [-0.05, 0) is 48.6 Å². The molecule has 0 unspecified atom stereocenters. The fraction of sp³-hybridized carbons (Fsp3) is 0.520. The summed E-state index contributed by atoms with van der Waals surface area (Å²) in [6.07, 6.45) is 4.85. The fourth-order valence-corrected chi connectivity index (χ4v) is 5.68. The first-order chi connectivity index (χ1) is 15.0. The van der Waals surface area contributed by atoms with Crippen molar-refractivity contribution in [2.24, 2.45) is 5.92 Å². The van der Waals surface area contributed by atoms with Crippen molar-refractivity contribution in [3.05, 3.63) is 52.5 Å². The van der Waals surface area contributed by atoms with Crippen LogP contribution in [0.4, 0.5) is 0 Å². The summed E-state index contributed by atoms with van der Waals surface area (Å²) in [5.41, 5.74) is 1.54. The van der Waals surface area contributed by atoms with Crippen LogP contribution < -0.4 is 14.2 Å². The molecule has 1 aliphatic carbocycles. The van der Waals surface area contributed by atoms with Gasteiger partial charge in [-0.1, -0.05) is 42.6 Å². The topological polar surface area (TPSA) is 51.2 Å². The minimum Gasteiger partial charge on any atom is -0.493 e. The summed E-state index contributed by atoms with van der Waals surface area (Å²) in [6.45, 7) is 1.53. The Morgan fingerprint density at radius 1 is 1.03 bits per heavy atom. The SMILES string of the molecule is COc1cc([C@@H]2[C@H]3CCCC[C@@]3(O)CCN2Cc2ccccc2Cl)cc(OC)c1OC. The molecule has 2 aromatic carbocycles. The van der Waals surface area contributed by atoms with Crippen molar-refractivity contribution >= 4 is 11.6 Å². The highest BCUT2D eigenvalue weighted by atomic mass is 35.5. The van der Waals surface area contributed by atoms with Crippen LogP contribution in [-0.4, -0.2) is 43.5 Å². The smallest absolute Gasteiger partial charge is 0.203 e. The van der Waals surface area contributed by atoms with Gasteiger partial charge in [-0.15, -0.1) is 0 Å². The van der Waals surface area contributed by atoms with Crippen molar-refractivity contribution < 1.29 is 19.3 Å². The number of hydrogen-bond donors (Lipinski definition) is 1. The Bertz CT molecular complexity index is 895. The quantitative estimate of drug-likeness (QED) is 0.659. The Kier molecular flexibility index (Phi) is 6.65. The number of likely N-dealkylation sites (tertiary alicyclic amines) is 1. The number of piperidine rings is 1. The zero-order chi connectivity index (χ0) is 22.0. The van der Waals surface area contributed by atoms with Crippen molar-refractivity contribution in [2.45, 2.75) is 50.3 Å². The summed E-state index contributed by atoms with van der Waals surface area (Å²) >= 11 is 6.50. The van der Waals surface area contributed by atoms with Crippen molar-refractivity contribution in [3.8, 4) is 17.2 Å². The van der Waals surface area contributed by atoms with Crippen molar-refractivity contribution in [2.75, 3.05) is 27.9 Å². The number of halogens is 1. The van der Waals surface area contributed by atoms with Crippen molar-refractivity contribution in [3.63, 3.8) is 0 Å². The molecule has 0 radical (unpaired) electrons. The Labute approximate surface area is 189 Å². The molecule has 5 nitrogen and oxygen atoms in total. The zero-order valence-electron chi connectivity index (χ0n) is 18.6. The zero-order valence-corrected chi connectivity index (χ0v) is 19.3. The molecule has 2 aromatic rings. The molecule has 0 bridgehead atoms. The molecule has 6 heteroatoms. The average Bonchev–Trinajstić information content (AvgIpc) is 2.79. The number of rotatable bonds is 6. The highest BCUT2D eigenvalue weighted by Gasteiger charge is 2.49. The fourth-order valence-electron chi connectivity index (χ4n) is 5.48. The summed E-state index contributed by atoms with van der Waals surface area (Å²) in [4.78, 5) is 2.45. The second-order valence-electron chi connectivity index (χ2n) is 8.67. The van der Waals surface area contributed by atoms with Crippen LogP contribution >= 0.6 is 11.6 Å². The van der Waals surface area contributed by atoms with E-state index in [0.29, 0.717) is 17.2 Å². The van der Waals surface area contributed by atoms with Gasteiger partial charge in [0.25, 0.3) is 0 Å². The van der Waals surface area contributed by atoms with Gasteiger partial charge in [0.2, 0.25) is 5.75 Å². The van der Waals surface area contributed by atoms with Gasteiger partial charge in [-0.2, -0.15) is 0 Å².